The standard InChI is InChI=1S/C23H25BrClFN2O2/c24-18-6-4-17(5-7-18)23(8-14-30-15-9-23)22(29)28-12-10-27(11-13-28)16-19-20(25)2-1-3-21(19)26/h1-7H,8-16H2. The van der Waals surface area contributed by atoms with E-state index in [9.17, 15) is 9.18 Å². The van der Waals surface area contributed by atoms with Gasteiger partial charge in [-0.1, -0.05) is 45.7 Å². The number of hydrogen-bond acceptors (Lipinski definition) is 3. The van der Waals surface area contributed by atoms with Gasteiger partial charge in [-0.25, -0.2) is 4.39 Å². The third-order valence-electron chi connectivity index (χ3n) is 6.26. The normalized spacial score (nSPS) is 19.6. The molecule has 2 heterocycles. The van der Waals surface area contributed by atoms with Gasteiger partial charge in [0.15, 0.2) is 0 Å². The average Bonchev–Trinajstić information content (AvgIpc) is 2.77. The van der Waals surface area contributed by atoms with Gasteiger partial charge < -0.3 is 9.64 Å². The highest BCUT2D eigenvalue weighted by Crippen LogP contribution is 2.37. The molecule has 0 aliphatic carbocycles. The fourth-order valence-electron chi connectivity index (χ4n) is 4.43. The second-order valence-corrected chi connectivity index (χ2v) is 9.29. The zero-order chi connectivity index (χ0) is 21.1. The van der Waals surface area contributed by atoms with Crippen molar-refractivity contribution in [2.75, 3.05) is 39.4 Å². The Hall–Kier alpha value is -1.47. The molecule has 0 atom stereocenters. The predicted octanol–water partition coefficient (Wildman–Crippen LogP) is 4.63. The lowest BCUT2D eigenvalue weighted by molar-refractivity contribution is -0.143. The SMILES string of the molecule is O=C(N1CCN(Cc2c(F)cccc2Cl)CC1)C1(c2ccc(Br)cc2)CCOCC1. The second kappa shape index (κ2) is 9.35. The Bertz CT molecular complexity index is 874. The Labute approximate surface area is 190 Å². The Morgan fingerprint density at radius 3 is 2.37 bits per heavy atom. The lowest BCUT2D eigenvalue weighted by atomic mass is 9.73. The summed E-state index contributed by atoms with van der Waals surface area (Å²) >= 11 is 9.66. The van der Waals surface area contributed by atoms with E-state index in [1.54, 1.807) is 12.1 Å². The van der Waals surface area contributed by atoms with Crippen LogP contribution in [-0.2, 0) is 21.5 Å². The number of halogens is 3. The first-order valence-electron chi connectivity index (χ1n) is 10.3. The van der Waals surface area contributed by atoms with Crippen molar-refractivity contribution in [2.45, 2.75) is 24.8 Å². The third-order valence-corrected chi connectivity index (χ3v) is 7.14. The zero-order valence-corrected chi connectivity index (χ0v) is 19.1. The van der Waals surface area contributed by atoms with Crippen molar-refractivity contribution < 1.29 is 13.9 Å². The number of carbonyl (C=O) groups excluding carboxylic acids is 1. The molecule has 0 aromatic heterocycles. The van der Waals surface area contributed by atoms with Crippen molar-refractivity contribution in [3.63, 3.8) is 0 Å². The lowest BCUT2D eigenvalue weighted by Gasteiger charge is -2.43. The summed E-state index contributed by atoms with van der Waals surface area (Å²) in [5.41, 5.74) is 1.05. The molecule has 2 saturated heterocycles. The highest BCUT2D eigenvalue weighted by molar-refractivity contribution is 9.10. The predicted molar refractivity (Wildman–Crippen MR) is 119 cm³/mol. The van der Waals surface area contributed by atoms with Gasteiger partial charge in [0.25, 0.3) is 0 Å². The number of nitrogens with zero attached hydrogens (tertiary/aromatic N) is 2. The number of piperazine rings is 1. The summed E-state index contributed by atoms with van der Waals surface area (Å²) < 4.78 is 20.7. The molecule has 2 aromatic rings. The van der Waals surface area contributed by atoms with Gasteiger partial charge >= 0.3 is 0 Å². The van der Waals surface area contributed by atoms with E-state index in [2.05, 4.69) is 20.8 Å². The van der Waals surface area contributed by atoms with Crippen molar-refractivity contribution in [3.05, 3.63) is 68.9 Å². The van der Waals surface area contributed by atoms with Crippen LogP contribution in [0.25, 0.3) is 0 Å². The highest BCUT2D eigenvalue weighted by Gasteiger charge is 2.44. The molecule has 160 valence electrons. The van der Waals surface area contributed by atoms with E-state index in [-0.39, 0.29) is 11.7 Å². The summed E-state index contributed by atoms with van der Waals surface area (Å²) in [7, 11) is 0. The monoisotopic (exact) mass is 494 g/mol. The molecular formula is C23H25BrClFN2O2. The van der Waals surface area contributed by atoms with Crippen LogP contribution in [0.2, 0.25) is 5.02 Å². The number of rotatable bonds is 4. The Balaban J connectivity index is 1.46. The zero-order valence-electron chi connectivity index (χ0n) is 16.8. The number of ether oxygens (including phenoxy) is 1. The number of amides is 1. The summed E-state index contributed by atoms with van der Waals surface area (Å²) in [5, 5.41) is 0.449. The van der Waals surface area contributed by atoms with Crippen LogP contribution in [-0.4, -0.2) is 55.1 Å². The maximum atomic E-state index is 14.1. The molecule has 4 nitrogen and oxygen atoms in total. The van der Waals surface area contributed by atoms with Crippen LogP contribution >= 0.6 is 27.5 Å². The Kier molecular flexibility index (Phi) is 6.78. The van der Waals surface area contributed by atoms with Crippen LogP contribution < -0.4 is 0 Å². The van der Waals surface area contributed by atoms with Crippen molar-refractivity contribution in [1.82, 2.24) is 9.80 Å². The van der Waals surface area contributed by atoms with Gasteiger partial charge in [-0.05, 0) is 42.7 Å². The number of benzene rings is 2. The number of hydrogen-bond donors (Lipinski definition) is 0. The van der Waals surface area contributed by atoms with Crippen LogP contribution in [0, 0.1) is 5.82 Å². The minimum Gasteiger partial charge on any atom is -0.381 e. The molecule has 7 heteroatoms. The van der Waals surface area contributed by atoms with Crippen LogP contribution in [0.5, 0.6) is 0 Å². The summed E-state index contributed by atoms with van der Waals surface area (Å²) in [4.78, 5) is 17.8. The molecule has 4 rings (SSSR count). The summed E-state index contributed by atoms with van der Waals surface area (Å²) in [6, 6.07) is 12.9. The fraction of sp³-hybridized carbons (Fsp3) is 0.435. The van der Waals surface area contributed by atoms with Gasteiger partial charge in [0.05, 0.1) is 5.41 Å². The third kappa shape index (κ3) is 4.42. The van der Waals surface area contributed by atoms with Gasteiger partial charge in [0, 0.05) is 61.0 Å². The maximum absolute atomic E-state index is 14.1. The molecule has 1 amide bonds. The van der Waals surface area contributed by atoms with Crippen LogP contribution in [0.4, 0.5) is 4.39 Å². The molecule has 2 aliphatic rings. The molecule has 0 saturated carbocycles. The second-order valence-electron chi connectivity index (χ2n) is 7.97. The van der Waals surface area contributed by atoms with Gasteiger partial charge in [-0.2, -0.15) is 0 Å². The first-order chi connectivity index (χ1) is 14.5. The van der Waals surface area contributed by atoms with Crippen LogP contribution in [0.15, 0.2) is 46.9 Å². The molecule has 0 bridgehead atoms. The van der Waals surface area contributed by atoms with Crippen molar-refractivity contribution in [1.29, 1.82) is 0 Å². The minimum atomic E-state index is -0.532. The van der Waals surface area contributed by atoms with Gasteiger partial charge in [0.1, 0.15) is 5.82 Å². The quantitative estimate of drug-likeness (QED) is 0.620. The van der Waals surface area contributed by atoms with E-state index >= 15 is 0 Å². The van der Waals surface area contributed by atoms with E-state index in [4.69, 9.17) is 16.3 Å². The molecule has 30 heavy (non-hydrogen) atoms. The summed E-state index contributed by atoms with van der Waals surface area (Å²) in [6.45, 7) is 4.29. The molecule has 0 radical (unpaired) electrons. The van der Waals surface area contributed by atoms with Crippen LogP contribution in [0.3, 0.4) is 0 Å². The molecule has 2 fully saturated rings. The van der Waals surface area contributed by atoms with Crippen molar-refractivity contribution in [2.24, 2.45) is 0 Å². The van der Waals surface area contributed by atoms with E-state index in [1.165, 1.54) is 6.07 Å². The molecular weight excluding hydrogens is 471 g/mol. The summed E-state index contributed by atoms with van der Waals surface area (Å²) in [5.74, 6) is -0.103. The molecule has 0 spiro atoms. The van der Waals surface area contributed by atoms with Crippen LogP contribution in [0.1, 0.15) is 24.0 Å². The first-order valence-corrected chi connectivity index (χ1v) is 11.5. The maximum Gasteiger partial charge on any atom is 0.233 e. The van der Waals surface area contributed by atoms with Gasteiger partial charge in [-0.3, -0.25) is 9.69 Å². The largest absolute Gasteiger partial charge is 0.381 e. The number of carbonyl (C=O) groups is 1. The van der Waals surface area contributed by atoms with E-state index in [0.29, 0.717) is 69.4 Å². The van der Waals surface area contributed by atoms with Gasteiger partial charge in [0.2, 0.25) is 5.91 Å². The molecule has 0 unspecified atom stereocenters. The average molecular weight is 496 g/mol. The van der Waals surface area contributed by atoms with E-state index in [0.717, 1.165) is 10.0 Å². The smallest absolute Gasteiger partial charge is 0.233 e. The van der Waals surface area contributed by atoms with Crippen molar-refractivity contribution >= 4 is 33.4 Å². The molecule has 2 aliphatic heterocycles. The highest BCUT2D eigenvalue weighted by atomic mass is 79.9. The first kappa shape index (κ1) is 21.8. The van der Waals surface area contributed by atoms with Gasteiger partial charge in [-0.15, -0.1) is 0 Å². The minimum absolute atomic E-state index is 0.177. The Morgan fingerprint density at radius 1 is 1.07 bits per heavy atom. The molecule has 0 N–H and O–H groups in total. The summed E-state index contributed by atoms with van der Waals surface area (Å²) in [6.07, 6.45) is 1.39. The fourth-order valence-corrected chi connectivity index (χ4v) is 4.92. The lowest BCUT2D eigenvalue weighted by Crippen LogP contribution is -2.55. The topological polar surface area (TPSA) is 32.8 Å². The van der Waals surface area contributed by atoms with E-state index < -0.39 is 5.41 Å². The van der Waals surface area contributed by atoms with Crippen molar-refractivity contribution in [3.8, 4) is 0 Å². The van der Waals surface area contributed by atoms with E-state index in [1.807, 2.05) is 29.2 Å². The Morgan fingerprint density at radius 2 is 1.73 bits per heavy atom. The molecule has 2 aromatic carbocycles.